The first-order chi connectivity index (χ1) is 19.7. The van der Waals surface area contributed by atoms with Gasteiger partial charge in [-0.05, 0) is 72.9 Å². The van der Waals surface area contributed by atoms with Crippen molar-refractivity contribution >= 4 is 20.4 Å². The maximum Gasteiger partial charge on any atom is 0.407 e. The molecule has 42 heavy (non-hydrogen) atoms. The van der Waals surface area contributed by atoms with Gasteiger partial charge < -0.3 is 29.6 Å². The minimum atomic E-state index is -1.85. The third-order valence-electron chi connectivity index (χ3n) is 7.28. The number of phenols is 1. The van der Waals surface area contributed by atoms with Gasteiger partial charge in [0.1, 0.15) is 18.1 Å². The van der Waals surface area contributed by atoms with E-state index in [4.69, 9.17) is 14.3 Å². The van der Waals surface area contributed by atoms with Crippen molar-refractivity contribution in [1.82, 2.24) is 10.6 Å². The zero-order valence-corrected chi connectivity index (χ0v) is 27.1. The van der Waals surface area contributed by atoms with Gasteiger partial charge in [-0.15, -0.1) is 0 Å². The first kappa shape index (κ1) is 34.4. The number of methoxy groups -OCH3 is 1. The molecule has 9 heteroatoms. The summed E-state index contributed by atoms with van der Waals surface area (Å²) in [5.74, 6) is 0.823. The maximum absolute atomic E-state index is 12.0. The molecule has 3 aromatic rings. The van der Waals surface area contributed by atoms with Gasteiger partial charge in [0.2, 0.25) is 8.32 Å². The lowest BCUT2D eigenvalue weighted by molar-refractivity contribution is -0.139. The number of hydrogen-bond donors (Lipinski definition) is 3. The van der Waals surface area contributed by atoms with Crippen LogP contribution in [0.2, 0.25) is 18.1 Å². The lowest BCUT2D eigenvalue weighted by atomic mass is 10.1. The lowest BCUT2D eigenvalue weighted by Crippen LogP contribution is -2.43. The average Bonchev–Trinajstić information content (AvgIpc) is 2.95. The van der Waals surface area contributed by atoms with E-state index >= 15 is 0 Å². The van der Waals surface area contributed by atoms with Gasteiger partial charge in [-0.1, -0.05) is 75.4 Å². The molecule has 1 amide bonds. The van der Waals surface area contributed by atoms with Gasteiger partial charge in [0.25, 0.3) is 0 Å². The highest BCUT2D eigenvalue weighted by molar-refractivity contribution is 6.74. The highest BCUT2D eigenvalue weighted by Crippen LogP contribution is 2.37. The van der Waals surface area contributed by atoms with Crippen molar-refractivity contribution in [3.63, 3.8) is 0 Å². The fraction of sp³-hybridized carbons (Fsp3) is 0.394. The van der Waals surface area contributed by atoms with Crippen LogP contribution in [-0.2, 0) is 20.9 Å². The Labute approximate surface area is 251 Å². The third kappa shape index (κ3) is 11.6. The second-order valence-electron chi connectivity index (χ2n) is 11.6. The summed E-state index contributed by atoms with van der Waals surface area (Å²) in [6, 6.07) is 24.3. The van der Waals surface area contributed by atoms with Crippen LogP contribution in [0.5, 0.6) is 11.5 Å². The number of carbonyl (C=O) groups excluding carboxylic acids is 2. The van der Waals surface area contributed by atoms with Crippen molar-refractivity contribution in [1.29, 1.82) is 0 Å². The van der Waals surface area contributed by atoms with E-state index in [0.717, 1.165) is 22.4 Å². The van der Waals surface area contributed by atoms with Gasteiger partial charge in [0, 0.05) is 6.04 Å². The zero-order valence-electron chi connectivity index (χ0n) is 26.1. The first-order valence-corrected chi connectivity index (χ1v) is 17.0. The topological polar surface area (TPSA) is 106 Å². The monoisotopic (exact) mass is 594 g/mol. The minimum absolute atomic E-state index is 0.0460. The molecule has 0 spiro atoms. The van der Waals surface area contributed by atoms with Crippen LogP contribution in [0.25, 0.3) is 0 Å². The molecule has 2 atom stereocenters. The fourth-order valence-electron chi connectivity index (χ4n) is 3.49. The second kappa shape index (κ2) is 16.0. The van der Waals surface area contributed by atoms with Crippen LogP contribution in [-0.4, -0.2) is 39.1 Å². The van der Waals surface area contributed by atoms with Crippen LogP contribution in [0.15, 0.2) is 78.9 Å². The van der Waals surface area contributed by atoms with Crippen molar-refractivity contribution in [3.05, 3.63) is 95.6 Å². The number of amides is 1. The normalized spacial score (nSPS) is 12.7. The minimum Gasteiger partial charge on any atom is -0.544 e. The molecule has 0 aliphatic heterocycles. The van der Waals surface area contributed by atoms with Crippen LogP contribution in [0.4, 0.5) is 4.79 Å². The van der Waals surface area contributed by atoms with Gasteiger partial charge >= 0.3 is 12.1 Å². The number of carbonyl (C=O) groups is 2. The van der Waals surface area contributed by atoms with Crippen LogP contribution in [0.1, 0.15) is 63.4 Å². The van der Waals surface area contributed by atoms with E-state index in [-0.39, 0.29) is 42.0 Å². The Kier molecular flexibility index (Phi) is 13.1. The Morgan fingerprint density at radius 2 is 1.40 bits per heavy atom. The van der Waals surface area contributed by atoms with Crippen molar-refractivity contribution in [2.45, 2.75) is 71.4 Å². The van der Waals surface area contributed by atoms with E-state index in [1.807, 2.05) is 80.6 Å². The largest absolute Gasteiger partial charge is 0.544 e. The summed E-state index contributed by atoms with van der Waals surface area (Å²) in [6.07, 6.45) is -0.423. The van der Waals surface area contributed by atoms with Gasteiger partial charge in [-0.2, -0.15) is 0 Å². The van der Waals surface area contributed by atoms with Crippen LogP contribution < -0.4 is 15.1 Å². The molecule has 3 N–H and O–H groups in total. The molecule has 0 aromatic heterocycles. The molecular formula is C33H46N2O6Si. The summed E-state index contributed by atoms with van der Waals surface area (Å²) in [5.41, 5.74) is 2.98. The number of nitrogens with one attached hydrogen (secondary N) is 2. The highest BCUT2D eigenvalue weighted by atomic mass is 28.4. The van der Waals surface area contributed by atoms with Crippen molar-refractivity contribution in [3.8, 4) is 11.5 Å². The van der Waals surface area contributed by atoms with Crippen molar-refractivity contribution < 1.29 is 28.6 Å². The summed E-state index contributed by atoms with van der Waals surface area (Å²) in [7, 11) is -0.493. The second-order valence-corrected chi connectivity index (χ2v) is 16.4. The molecule has 0 fully saturated rings. The third-order valence-corrected chi connectivity index (χ3v) is 11.6. The van der Waals surface area contributed by atoms with Gasteiger partial charge in [0.15, 0.2) is 0 Å². The molecule has 3 aromatic carbocycles. The van der Waals surface area contributed by atoms with E-state index in [9.17, 15) is 9.59 Å². The summed E-state index contributed by atoms with van der Waals surface area (Å²) < 4.78 is 16.1. The molecule has 0 heterocycles. The molecule has 3 rings (SSSR count). The van der Waals surface area contributed by atoms with Crippen molar-refractivity contribution in [2.75, 3.05) is 13.7 Å². The zero-order chi connectivity index (χ0) is 31.3. The number of alkyl carbamates (subject to hydrolysis) is 1. The lowest BCUT2D eigenvalue weighted by Gasteiger charge is -2.36. The Hall–Kier alpha value is -3.82. The smallest absolute Gasteiger partial charge is 0.407 e. The van der Waals surface area contributed by atoms with E-state index in [1.54, 1.807) is 12.1 Å². The number of hydrogen-bond acceptors (Lipinski definition) is 7. The Morgan fingerprint density at radius 3 is 1.95 bits per heavy atom. The number of phenolic OH excluding ortho intramolecular Hbond substituents is 1. The molecule has 0 aliphatic rings. The van der Waals surface area contributed by atoms with E-state index in [0.29, 0.717) is 0 Å². The average molecular weight is 595 g/mol. The summed E-state index contributed by atoms with van der Waals surface area (Å²) in [6.45, 7) is 15.4. The molecule has 0 bridgehead atoms. The quantitative estimate of drug-likeness (QED) is 0.167. The molecule has 0 saturated carbocycles. The summed E-state index contributed by atoms with van der Waals surface area (Å²) >= 11 is 0. The fourth-order valence-corrected chi connectivity index (χ4v) is 4.52. The van der Waals surface area contributed by atoms with E-state index < -0.39 is 14.4 Å². The van der Waals surface area contributed by atoms with Gasteiger partial charge in [-0.25, -0.2) is 4.79 Å². The Morgan fingerprint density at radius 1 is 0.857 bits per heavy atom. The summed E-state index contributed by atoms with van der Waals surface area (Å²) in [4.78, 5) is 22.9. The number of esters is 1. The van der Waals surface area contributed by atoms with E-state index in [1.165, 1.54) is 7.11 Å². The molecule has 8 nitrogen and oxygen atoms in total. The summed E-state index contributed by atoms with van der Waals surface area (Å²) in [5, 5.41) is 15.1. The van der Waals surface area contributed by atoms with Crippen LogP contribution in [0, 0.1) is 0 Å². The van der Waals surface area contributed by atoms with Crippen LogP contribution >= 0.6 is 0 Å². The number of aromatic hydroxyl groups is 1. The molecule has 0 aliphatic carbocycles. The van der Waals surface area contributed by atoms with E-state index in [2.05, 4.69) is 49.2 Å². The Bertz CT molecular complexity index is 1240. The highest BCUT2D eigenvalue weighted by Gasteiger charge is 2.38. The molecule has 0 unspecified atom stereocenters. The van der Waals surface area contributed by atoms with Gasteiger partial charge in [-0.3, -0.25) is 4.79 Å². The first-order valence-electron chi connectivity index (χ1n) is 14.1. The standard InChI is InChI=1S/C22H31NO3Si.C11H15NO3/c1-17(23-21(24)25-16-18-10-8-7-9-11-18)19-12-14-20(15-13-19)26-27(5,6)22(2,3)4;1-8(12-7-11(14)15-2)9-3-5-10(13)6-4-9/h7-15,17H,16H2,1-6H3,(H,23,24);3-6,8,12-13H,7H2,1-2H3/t17-;8-/m00/s1. The number of benzene rings is 3. The predicted molar refractivity (Wildman–Crippen MR) is 169 cm³/mol. The molecular weight excluding hydrogens is 548 g/mol. The molecule has 0 saturated heterocycles. The van der Waals surface area contributed by atoms with Crippen LogP contribution in [0.3, 0.4) is 0 Å². The number of ether oxygens (including phenoxy) is 2. The maximum atomic E-state index is 12.0. The number of rotatable bonds is 10. The SMILES string of the molecule is COC(=O)CN[C@@H](C)c1ccc(O)cc1.C[C@H](NC(=O)OCc1ccccc1)c1ccc(O[Si](C)(C)C(C)(C)C)cc1. The Balaban J connectivity index is 0.000000347. The van der Waals surface area contributed by atoms with Crippen molar-refractivity contribution in [2.24, 2.45) is 0 Å². The van der Waals surface area contributed by atoms with Gasteiger partial charge in [0.05, 0.1) is 19.7 Å². The predicted octanol–water partition coefficient (Wildman–Crippen LogP) is 7.27. The molecule has 0 radical (unpaired) electrons. The molecule has 228 valence electrons.